The van der Waals surface area contributed by atoms with Crippen molar-refractivity contribution in [2.75, 3.05) is 7.11 Å². The van der Waals surface area contributed by atoms with Gasteiger partial charge in [-0.3, -0.25) is 9.78 Å². The number of aryl methyl sites for hydroxylation is 1. The van der Waals surface area contributed by atoms with Crippen LogP contribution in [0.2, 0.25) is 0 Å². The molecule has 1 N–H and O–H groups in total. The number of ether oxygens (including phenoxy) is 1. The fourth-order valence-electron chi connectivity index (χ4n) is 4.71. The molecule has 1 saturated carbocycles. The number of pyridine rings is 1. The zero-order chi connectivity index (χ0) is 21.4. The molecular weight excluding hydrogens is 384 g/mol. The number of benzene rings is 2. The Morgan fingerprint density at radius 3 is 2.74 bits per heavy atom. The van der Waals surface area contributed by atoms with Crippen molar-refractivity contribution in [1.82, 2.24) is 10.3 Å². The molecule has 2 aliphatic rings. The Kier molecular flexibility index (Phi) is 5.01. The fourth-order valence-corrected chi connectivity index (χ4v) is 4.71. The Morgan fingerprint density at radius 2 is 2.00 bits per heavy atom. The summed E-state index contributed by atoms with van der Waals surface area (Å²) in [5, 5.41) is 4.50. The summed E-state index contributed by atoms with van der Waals surface area (Å²) in [6, 6.07) is 14.3. The number of aromatic nitrogens is 1. The summed E-state index contributed by atoms with van der Waals surface area (Å²) in [5.41, 5.74) is 6.12. The average molecular weight is 413 g/mol. The van der Waals surface area contributed by atoms with Gasteiger partial charge in [0.1, 0.15) is 5.75 Å². The smallest absolute Gasteiger partial charge is 0.252 e. The SMILES string of the molecule is COc1ccc(C)c(C(=O)NC2(c3cc(C4=CCCCC4)cc4ncccc34)CC2)c1. The van der Waals surface area contributed by atoms with Crippen molar-refractivity contribution in [2.24, 2.45) is 0 Å². The van der Waals surface area contributed by atoms with E-state index < -0.39 is 0 Å². The average Bonchev–Trinajstić information content (AvgIpc) is 3.59. The molecule has 1 heterocycles. The van der Waals surface area contributed by atoms with Gasteiger partial charge in [-0.15, -0.1) is 0 Å². The molecule has 4 heteroatoms. The molecule has 0 saturated heterocycles. The molecule has 158 valence electrons. The van der Waals surface area contributed by atoms with Crippen molar-refractivity contribution in [3.63, 3.8) is 0 Å². The lowest BCUT2D eigenvalue weighted by Gasteiger charge is -2.23. The zero-order valence-electron chi connectivity index (χ0n) is 18.2. The van der Waals surface area contributed by atoms with E-state index in [1.165, 1.54) is 29.5 Å². The molecule has 0 radical (unpaired) electrons. The lowest BCUT2D eigenvalue weighted by atomic mass is 9.89. The third kappa shape index (κ3) is 3.71. The highest BCUT2D eigenvalue weighted by Gasteiger charge is 2.47. The fraction of sp³-hybridized carbons (Fsp3) is 0.333. The number of rotatable bonds is 5. The van der Waals surface area contributed by atoms with Crippen LogP contribution < -0.4 is 10.1 Å². The predicted molar refractivity (Wildman–Crippen MR) is 124 cm³/mol. The molecule has 2 aliphatic carbocycles. The van der Waals surface area contributed by atoms with Crippen molar-refractivity contribution in [1.29, 1.82) is 0 Å². The van der Waals surface area contributed by atoms with Gasteiger partial charge in [0.15, 0.2) is 0 Å². The molecule has 1 aromatic heterocycles. The number of amides is 1. The number of methoxy groups -OCH3 is 1. The Morgan fingerprint density at radius 1 is 1.13 bits per heavy atom. The van der Waals surface area contributed by atoms with Gasteiger partial charge in [-0.2, -0.15) is 0 Å². The molecule has 0 unspecified atom stereocenters. The second-order valence-electron chi connectivity index (χ2n) is 8.79. The number of hydrogen-bond acceptors (Lipinski definition) is 3. The molecule has 2 aromatic carbocycles. The van der Waals surface area contributed by atoms with Gasteiger partial charge in [0.05, 0.1) is 18.2 Å². The Bertz CT molecular complexity index is 1190. The quantitative estimate of drug-likeness (QED) is 0.565. The summed E-state index contributed by atoms with van der Waals surface area (Å²) in [6.07, 6.45) is 10.9. The highest BCUT2D eigenvalue weighted by atomic mass is 16.5. The third-order valence-electron chi connectivity index (χ3n) is 6.69. The summed E-state index contributed by atoms with van der Waals surface area (Å²) in [7, 11) is 1.62. The van der Waals surface area contributed by atoms with Crippen LogP contribution in [0, 0.1) is 6.92 Å². The molecule has 0 spiro atoms. The summed E-state index contributed by atoms with van der Waals surface area (Å²) in [6.45, 7) is 1.96. The molecule has 0 atom stereocenters. The van der Waals surface area contributed by atoms with Crippen LogP contribution in [0.15, 0.2) is 54.7 Å². The summed E-state index contributed by atoms with van der Waals surface area (Å²) in [5.74, 6) is 0.648. The van der Waals surface area contributed by atoms with E-state index in [1.54, 1.807) is 7.11 Å². The topological polar surface area (TPSA) is 51.2 Å². The monoisotopic (exact) mass is 412 g/mol. The third-order valence-corrected chi connectivity index (χ3v) is 6.69. The number of nitrogens with one attached hydrogen (secondary N) is 1. The maximum Gasteiger partial charge on any atom is 0.252 e. The van der Waals surface area contributed by atoms with Crippen molar-refractivity contribution in [2.45, 2.75) is 51.0 Å². The van der Waals surface area contributed by atoms with E-state index in [2.05, 4.69) is 34.6 Å². The number of allylic oxidation sites excluding steroid dienone is 2. The van der Waals surface area contributed by atoms with Crippen molar-refractivity contribution < 1.29 is 9.53 Å². The number of carbonyl (C=O) groups excluding carboxylic acids is 1. The Balaban J connectivity index is 1.55. The number of carbonyl (C=O) groups is 1. The molecule has 3 aromatic rings. The standard InChI is InChI=1S/C27H28N2O2/c1-18-10-11-21(31-2)17-23(18)26(30)29-27(12-13-27)24-15-20(19-7-4-3-5-8-19)16-25-22(24)9-6-14-28-25/h6-7,9-11,14-17H,3-5,8,12-13H2,1-2H3,(H,29,30). The van der Waals surface area contributed by atoms with E-state index >= 15 is 0 Å². The van der Waals surface area contributed by atoms with Gasteiger partial charge in [-0.1, -0.05) is 18.2 Å². The van der Waals surface area contributed by atoms with Crippen LogP contribution >= 0.6 is 0 Å². The lowest BCUT2D eigenvalue weighted by molar-refractivity contribution is 0.0930. The van der Waals surface area contributed by atoms with E-state index in [9.17, 15) is 4.79 Å². The van der Waals surface area contributed by atoms with Gasteiger partial charge in [-0.05, 0) is 98.0 Å². The van der Waals surface area contributed by atoms with Crippen LogP contribution in [0.4, 0.5) is 0 Å². The summed E-state index contributed by atoms with van der Waals surface area (Å²) >= 11 is 0. The molecular formula is C27H28N2O2. The van der Waals surface area contributed by atoms with Gasteiger partial charge in [0.2, 0.25) is 0 Å². The molecule has 31 heavy (non-hydrogen) atoms. The zero-order valence-corrected chi connectivity index (χ0v) is 18.2. The van der Waals surface area contributed by atoms with Gasteiger partial charge in [0.25, 0.3) is 5.91 Å². The van der Waals surface area contributed by atoms with E-state index in [-0.39, 0.29) is 11.4 Å². The van der Waals surface area contributed by atoms with Crippen LogP contribution in [0.25, 0.3) is 16.5 Å². The molecule has 1 amide bonds. The number of hydrogen-bond donors (Lipinski definition) is 1. The van der Waals surface area contributed by atoms with Crippen LogP contribution in [-0.2, 0) is 5.54 Å². The first-order chi connectivity index (χ1) is 15.1. The van der Waals surface area contributed by atoms with Gasteiger partial charge in [0, 0.05) is 17.1 Å². The minimum Gasteiger partial charge on any atom is -0.497 e. The van der Waals surface area contributed by atoms with Crippen molar-refractivity contribution in [3.05, 3.63) is 77.0 Å². The highest BCUT2D eigenvalue weighted by Crippen LogP contribution is 2.49. The summed E-state index contributed by atoms with van der Waals surface area (Å²) < 4.78 is 5.34. The first-order valence-electron chi connectivity index (χ1n) is 11.2. The van der Waals surface area contributed by atoms with Crippen molar-refractivity contribution in [3.8, 4) is 5.75 Å². The van der Waals surface area contributed by atoms with E-state index in [0.29, 0.717) is 11.3 Å². The summed E-state index contributed by atoms with van der Waals surface area (Å²) in [4.78, 5) is 17.9. The van der Waals surface area contributed by atoms with Crippen molar-refractivity contribution >= 4 is 22.4 Å². The second-order valence-corrected chi connectivity index (χ2v) is 8.79. The van der Waals surface area contributed by atoms with E-state index in [4.69, 9.17) is 4.74 Å². The van der Waals surface area contributed by atoms with Gasteiger partial charge >= 0.3 is 0 Å². The van der Waals surface area contributed by atoms with Crippen LogP contribution in [0.5, 0.6) is 5.75 Å². The lowest BCUT2D eigenvalue weighted by Crippen LogP contribution is -2.35. The van der Waals surface area contributed by atoms with Gasteiger partial charge < -0.3 is 10.1 Å². The Labute approximate surface area is 183 Å². The normalized spacial score (nSPS) is 17.2. The number of fused-ring (bicyclic) bond motifs is 1. The minimum atomic E-state index is -0.334. The first kappa shape index (κ1) is 19.8. The molecule has 0 bridgehead atoms. The van der Waals surface area contributed by atoms with E-state index in [0.717, 1.165) is 42.1 Å². The van der Waals surface area contributed by atoms with E-state index in [1.807, 2.05) is 37.4 Å². The van der Waals surface area contributed by atoms with Crippen LogP contribution in [0.3, 0.4) is 0 Å². The molecule has 1 fully saturated rings. The maximum atomic E-state index is 13.3. The van der Waals surface area contributed by atoms with Crippen LogP contribution in [-0.4, -0.2) is 18.0 Å². The molecule has 0 aliphatic heterocycles. The number of nitrogens with zero attached hydrogens (tertiary/aromatic N) is 1. The predicted octanol–water partition coefficient (Wildman–Crippen LogP) is 5.93. The largest absolute Gasteiger partial charge is 0.497 e. The highest BCUT2D eigenvalue weighted by molar-refractivity contribution is 5.97. The molecule has 4 nitrogen and oxygen atoms in total. The second kappa shape index (κ2) is 7.84. The molecule has 5 rings (SSSR count). The first-order valence-corrected chi connectivity index (χ1v) is 11.2. The van der Waals surface area contributed by atoms with Gasteiger partial charge in [-0.25, -0.2) is 0 Å². The van der Waals surface area contributed by atoms with Crippen LogP contribution in [0.1, 0.15) is 65.6 Å². The minimum absolute atomic E-state index is 0.0479. The maximum absolute atomic E-state index is 13.3. The Hall–Kier alpha value is -3.14.